The van der Waals surface area contributed by atoms with E-state index in [9.17, 15) is 0 Å². The van der Waals surface area contributed by atoms with Gasteiger partial charge in [-0.1, -0.05) is 6.92 Å². The number of hydrogen-bond donors (Lipinski definition) is 0. The minimum atomic E-state index is 0.493. The molecule has 0 bridgehead atoms. The van der Waals surface area contributed by atoms with Crippen LogP contribution in [0.2, 0.25) is 0 Å². The van der Waals surface area contributed by atoms with E-state index in [1.807, 2.05) is 0 Å². The van der Waals surface area contributed by atoms with Crippen molar-refractivity contribution in [2.24, 2.45) is 0 Å². The van der Waals surface area contributed by atoms with Crippen molar-refractivity contribution in [1.29, 1.82) is 0 Å². The normalized spacial score (nSPS) is 28.8. The number of rotatable bonds is 2. The molecular formula is C10H19NO. The van der Waals surface area contributed by atoms with Crippen molar-refractivity contribution in [2.45, 2.75) is 38.1 Å². The van der Waals surface area contributed by atoms with Crippen LogP contribution in [-0.2, 0) is 4.74 Å². The average molecular weight is 169 g/mol. The van der Waals surface area contributed by atoms with Gasteiger partial charge in [-0.3, -0.25) is 4.90 Å². The van der Waals surface area contributed by atoms with Gasteiger partial charge in [0, 0.05) is 18.7 Å². The van der Waals surface area contributed by atoms with Crippen molar-refractivity contribution in [3.05, 3.63) is 0 Å². The summed E-state index contributed by atoms with van der Waals surface area (Å²) in [6, 6.07) is 0. The highest BCUT2D eigenvalue weighted by molar-refractivity contribution is 5.04. The Labute approximate surface area is 74.9 Å². The smallest absolute Gasteiger partial charge is 0.0650 e. The maximum Gasteiger partial charge on any atom is 0.0650 e. The second kappa shape index (κ2) is 3.35. The Balaban J connectivity index is 1.96. The molecule has 2 nitrogen and oxygen atoms in total. The van der Waals surface area contributed by atoms with Crippen molar-refractivity contribution >= 4 is 0 Å². The molecule has 70 valence electrons. The first-order valence-corrected chi connectivity index (χ1v) is 5.20. The monoisotopic (exact) mass is 169 g/mol. The molecule has 0 radical (unpaired) electrons. The largest absolute Gasteiger partial charge is 0.379 e. The van der Waals surface area contributed by atoms with Crippen LogP contribution >= 0.6 is 0 Å². The van der Waals surface area contributed by atoms with Gasteiger partial charge in [0.25, 0.3) is 0 Å². The van der Waals surface area contributed by atoms with Gasteiger partial charge in [-0.05, 0) is 32.2 Å². The molecule has 1 aliphatic heterocycles. The van der Waals surface area contributed by atoms with Crippen LogP contribution in [0.15, 0.2) is 0 Å². The highest BCUT2D eigenvalue weighted by atomic mass is 16.5. The number of nitrogens with zero attached hydrogens (tertiary/aromatic N) is 1. The lowest BCUT2D eigenvalue weighted by atomic mass is 10.2. The minimum Gasteiger partial charge on any atom is -0.379 e. The van der Waals surface area contributed by atoms with E-state index in [1.165, 1.54) is 38.8 Å². The molecule has 1 heterocycles. The topological polar surface area (TPSA) is 12.5 Å². The van der Waals surface area contributed by atoms with Crippen molar-refractivity contribution in [1.82, 2.24) is 4.90 Å². The Morgan fingerprint density at radius 1 is 1.42 bits per heavy atom. The van der Waals surface area contributed by atoms with Crippen LogP contribution in [0.25, 0.3) is 0 Å². The fourth-order valence-electron chi connectivity index (χ4n) is 2.17. The zero-order chi connectivity index (χ0) is 8.44. The zero-order valence-corrected chi connectivity index (χ0v) is 8.01. The molecule has 1 saturated carbocycles. The molecule has 2 aliphatic rings. The highest BCUT2D eigenvalue weighted by Gasteiger charge is 2.48. The van der Waals surface area contributed by atoms with Crippen molar-refractivity contribution < 1.29 is 4.74 Å². The molecule has 0 aromatic heterocycles. The summed E-state index contributed by atoms with van der Waals surface area (Å²) in [6.07, 6.45) is 5.24. The fourth-order valence-corrected chi connectivity index (χ4v) is 2.17. The van der Waals surface area contributed by atoms with Crippen LogP contribution in [-0.4, -0.2) is 36.7 Å². The SMILES string of the molecule is CCCN1CCCOCC12CC2. The predicted octanol–water partition coefficient (Wildman–Crippen LogP) is 1.65. The molecule has 0 amide bonds. The zero-order valence-electron chi connectivity index (χ0n) is 8.01. The molecule has 0 unspecified atom stereocenters. The summed E-state index contributed by atoms with van der Waals surface area (Å²) in [5.74, 6) is 0. The average Bonchev–Trinajstić information content (AvgIpc) is 2.85. The Morgan fingerprint density at radius 3 is 2.92 bits per heavy atom. The molecule has 1 aliphatic carbocycles. The lowest BCUT2D eigenvalue weighted by molar-refractivity contribution is 0.0874. The molecule has 0 aromatic carbocycles. The molecule has 0 N–H and O–H groups in total. The summed E-state index contributed by atoms with van der Waals surface area (Å²) in [6.45, 7) is 6.76. The van der Waals surface area contributed by atoms with Gasteiger partial charge in [0.2, 0.25) is 0 Å². The van der Waals surface area contributed by atoms with Gasteiger partial charge in [0.1, 0.15) is 0 Å². The van der Waals surface area contributed by atoms with Crippen molar-refractivity contribution in [3.63, 3.8) is 0 Å². The van der Waals surface area contributed by atoms with Crippen molar-refractivity contribution in [3.8, 4) is 0 Å². The van der Waals surface area contributed by atoms with Crippen LogP contribution in [0, 0.1) is 0 Å². The molecule has 12 heavy (non-hydrogen) atoms. The lowest BCUT2D eigenvalue weighted by Crippen LogP contribution is -2.40. The Hall–Kier alpha value is -0.0800. The van der Waals surface area contributed by atoms with Gasteiger partial charge in [0.15, 0.2) is 0 Å². The molecule has 2 rings (SSSR count). The molecular weight excluding hydrogens is 150 g/mol. The predicted molar refractivity (Wildman–Crippen MR) is 49.3 cm³/mol. The molecule has 1 spiro atoms. The maximum atomic E-state index is 5.61. The quantitative estimate of drug-likeness (QED) is 0.623. The molecule has 1 saturated heterocycles. The second-order valence-electron chi connectivity index (χ2n) is 4.12. The number of ether oxygens (including phenoxy) is 1. The van der Waals surface area contributed by atoms with E-state index in [0.717, 1.165) is 13.2 Å². The third kappa shape index (κ3) is 1.50. The summed E-state index contributed by atoms with van der Waals surface area (Å²) in [4.78, 5) is 2.65. The maximum absolute atomic E-state index is 5.61. The lowest BCUT2D eigenvalue weighted by Gasteiger charge is -2.28. The van der Waals surface area contributed by atoms with E-state index in [1.54, 1.807) is 0 Å². The fraction of sp³-hybridized carbons (Fsp3) is 1.00. The first-order chi connectivity index (χ1) is 5.87. The third-order valence-corrected chi connectivity index (χ3v) is 3.08. The summed E-state index contributed by atoms with van der Waals surface area (Å²) in [5.41, 5.74) is 0.493. The molecule has 0 aromatic rings. The summed E-state index contributed by atoms with van der Waals surface area (Å²) < 4.78 is 5.61. The van der Waals surface area contributed by atoms with E-state index < -0.39 is 0 Å². The van der Waals surface area contributed by atoms with Gasteiger partial charge in [-0.15, -0.1) is 0 Å². The van der Waals surface area contributed by atoms with Gasteiger partial charge < -0.3 is 4.74 Å². The van der Waals surface area contributed by atoms with Gasteiger partial charge >= 0.3 is 0 Å². The van der Waals surface area contributed by atoms with E-state index in [0.29, 0.717) is 5.54 Å². The van der Waals surface area contributed by atoms with Gasteiger partial charge in [-0.2, -0.15) is 0 Å². The minimum absolute atomic E-state index is 0.493. The molecule has 0 atom stereocenters. The van der Waals surface area contributed by atoms with E-state index >= 15 is 0 Å². The second-order valence-corrected chi connectivity index (χ2v) is 4.12. The van der Waals surface area contributed by atoms with Crippen LogP contribution in [0.5, 0.6) is 0 Å². The van der Waals surface area contributed by atoms with Gasteiger partial charge in [-0.25, -0.2) is 0 Å². The molecule has 2 heteroatoms. The van der Waals surface area contributed by atoms with E-state index in [-0.39, 0.29) is 0 Å². The Kier molecular flexibility index (Phi) is 2.37. The van der Waals surface area contributed by atoms with E-state index in [4.69, 9.17) is 4.74 Å². The molecule has 2 fully saturated rings. The third-order valence-electron chi connectivity index (χ3n) is 3.08. The van der Waals surface area contributed by atoms with Crippen LogP contribution < -0.4 is 0 Å². The van der Waals surface area contributed by atoms with Crippen LogP contribution in [0.3, 0.4) is 0 Å². The van der Waals surface area contributed by atoms with Gasteiger partial charge in [0.05, 0.1) is 6.61 Å². The van der Waals surface area contributed by atoms with Crippen LogP contribution in [0.4, 0.5) is 0 Å². The standard InChI is InChI=1S/C10H19NO/c1-2-6-11-7-3-8-12-9-10(11)4-5-10/h2-9H2,1H3. The Morgan fingerprint density at radius 2 is 2.25 bits per heavy atom. The summed E-state index contributed by atoms with van der Waals surface area (Å²) >= 11 is 0. The highest BCUT2D eigenvalue weighted by Crippen LogP contribution is 2.43. The first-order valence-electron chi connectivity index (χ1n) is 5.20. The summed E-state index contributed by atoms with van der Waals surface area (Å²) in [5, 5.41) is 0. The van der Waals surface area contributed by atoms with E-state index in [2.05, 4.69) is 11.8 Å². The van der Waals surface area contributed by atoms with Crippen LogP contribution in [0.1, 0.15) is 32.6 Å². The van der Waals surface area contributed by atoms with Crippen molar-refractivity contribution in [2.75, 3.05) is 26.3 Å². The summed E-state index contributed by atoms with van der Waals surface area (Å²) in [7, 11) is 0. The first kappa shape index (κ1) is 8.52. The number of hydrogen-bond acceptors (Lipinski definition) is 2. The Bertz CT molecular complexity index is 154.